The van der Waals surface area contributed by atoms with Gasteiger partial charge in [0.15, 0.2) is 11.6 Å². The van der Waals surface area contributed by atoms with E-state index in [0.29, 0.717) is 5.56 Å². The Labute approximate surface area is 111 Å². The van der Waals surface area contributed by atoms with Gasteiger partial charge in [-0.1, -0.05) is 6.07 Å². The van der Waals surface area contributed by atoms with Crippen LogP contribution in [-0.2, 0) is 0 Å². The summed E-state index contributed by atoms with van der Waals surface area (Å²) >= 11 is 0. The standard InChI is InChI=1S/C15H15F2NO/c1-10(11-3-8-14(16)15(17)9-11)18-12-4-6-13(19-2)7-5-12/h3-10,18H,1-2H3. The topological polar surface area (TPSA) is 21.3 Å². The third-order valence-corrected chi connectivity index (χ3v) is 2.92. The van der Waals surface area contributed by atoms with Crippen LogP contribution < -0.4 is 10.1 Å². The van der Waals surface area contributed by atoms with Crippen molar-refractivity contribution in [3.63, 3.8) is 0 Å². The fraction of sp³-hybridized carbons (Fsp3) is 0.200. The molecule has 0 aliphatic heterocycles. The summed E-state index contributed by atoms with van der Waals surface area (Å²) in [6.07, 6.45) is 0. The van der Waals surface area contributed by atoms with Crippen LogP contribution >= 0.6 is 0 Å². The zero-order valence-electron chi connectivity index (χ0n) is 10.8. The molecule has 0 spiro atoms. The maximum Gasteiger partial charge on any atom is 0.159 e. The van der Waals surface area contributed by atoms with Crippen LogP contribution in [0.15, 0.2) is 42.5 Å². The lowest BCUT2D eigenvalue weighted by Crippen LogP contribution is -2.07. The van der Waals surface area contributed by atoms with Crippen LogP contribution in [0.1, 0.15) is 18.5 Å². The highest BCUT2D eigenvalue weighted by molar-refractivity contribution is 5.48. The minimum Gasteiger partial charge on any atom is -0.497 e. The van der Waals surface area contributed by atoms with Crippen LogP contribution in [0.5, 0.6) is 5.75 Å². The van der Waals surface area contributed by atoms with E-state index < -0.39 is 11.6 Å². The average molecular weight is 263 g/mol. The Balaban J connectivity index is 2.10. The van der Waals surface area contributed by atoms with E-state index in [1.165, 1.54) is 6.07 Å². The van der Waals surface area contributed by atoms with Crippen LogP contribution in [0.3, 0.4) is 0 Å². The quantitative estimate of drug-likeness (QED) is 0.894. The lowest BCUT2D eigenvalue weighted by molar-refractivity contribution is 0.415. The number of halogens is 2. The van der Waals surface area contributed by atoms with Crippen LogP contribution in [-0.4, -0.2) is 7.11 Å². The highest BCUT2D eigenvalue weighted by Gasteiger charge is 2.09. The van der Waals surface area contributed by atoms with Gasteiger partial charge >= 0.3 is 0 Å². The summed E-state index contributed by atoms with van der Waals surface area (Å²) in [6.45, 7) is 1.89. The highest BCUT2D eigenvalue weighted by atomic mass is 19.2. The molecule has 0 aliphatic rings. The summed E-state index contributed by atoms with van der Waals surface area (Å²) < 4.78 is 31.1. The molecule has 0 amide bonds. The van der Waals surface area contributed by atoms with Crippen LogP contribution in [0, 0.1) is 11.6 Å². The summed E-state index contributed by atoms with van der Waals surface area (Å²) in [4.78, 5) is 0. The van der Waals surface area contributed by atoms with E-state index in [1.807, 2.05) is 31.2 Å². The number of benzene rings is 2. The van der Waals surface area contributed by atoms with Gasteiger partial charge < -0.3 is 10.1 Å². The summed E-state index contributed by atoms with van der Waals surface area (Å²) in [5, 5.41) is 3.21. The van der Waals surface area contributed by atoms with Crippen molar-refractivity contribution in [3.05, 3.63) is 59.7 Å². The number of hydrogen-bond donors (Lipinski definition) is 1. The Morgan fingerprint density at radius 3 is 2.26 bits per heavy atom. The van der Waals surface area contributed by atoms with Gasteiger partial charge in [0.1, 0.15) is 5.75 Å². The largest absolute Gasteiger partial charge is 0.497 e. The minimum absolute atomic E-state index is 0.122. The van der Waals surface area contributed by atoms with Gasteiger partial charge in [0.05, 0.1) is 7.11 Å². The second-order valence-corrected chi connectivity index (χ2v) is 4.27. The summed E-state index contributed by atoms with van der Waals surface area (Å²) in [7, 11) is 1.60. The molecule has 0 aliphatic carbocycles. The normalized spacial score (nSPS) is 12.0. The highest BCUT2D eigenvalue weighted by Crippen LogP contribution is 2.22. The Hall–Kier alpha value is -2.10. The maximum absolute atomic E-state index is 13.2. The van der Waals surface area contributed by atoms with Crippen molar-refractivity contribution >= 4 is 5.69 Å². The number of rotatable bonds is 4. The second-order valence-electron chi connectivity index (χ2n) is 4.27. The molecule has 1 atom stereocenters. The van der Waals surface area contributed by atoms with Gasteiger partial charge in [0, 0.05) is 11.7 Å². The van der Waals surface area contributed by atoms with E-state index in [4.69, 9.17) is 4.74 Å². The molecule has 2 rings (SSSR count). The van der Waals surface area contributed by atoms with E-state index >= 15 is 0 Å². The predicted octanol–water partition coefficient (Wildman–Crippen LogP) is 4.15. The summed E-state index contributed by atoms with van der Waals surface area (Å²) in [6, 6.07) is 11.2. The van der Waals surface area contributed by atoms with Gasteiger partial charge in [-0.2, -0.15) is 0 Å². The molecular formula is C15H15F2NO. The maximum atomic E-state index is 13.2. The molecule has 1 N–H and O–H groups in total. The SMILES string of the molecule is COc1ccc(NC(C)c2ccc(F)c(F)c2)cc1. The third kappa shape index (κ3) is 3.22. The summed E-state index contributed by atoms with van der Waals surface area (Å²) in [5.41, 5.74) is 1.58. The van der Waals surface area contributed by atoms with E-state index in [1.54, 1.807) is 13.2 Å². The molecule has 0 bridgehead atoms. The molecule has 2 nitrogen and oxygen atoms in total. The Morgan fingerprint density at radius 1 is 1.00 bits per heavy atom. The molecular weight excluding hydrogens is 248 g/mol. The fourth-order valence-electron chi connectivity index (χ4n) is 1.80. The van der Waals surface area contributed by atoms with Crippen molar-refractivity contribution in [2.24, 2.45) is 0 Å². The van der Waals surface area contributed by atoms with E-state index in [9.17, 15) is 8.78 Å². The number of ether oxygens (including phenoxy) is 1. The van der Waals surface area contributed by atoms with Crippen molar-refractivity contribution in [1.82, 2.24) is 0 Å². The van der Waals surface area contributed by atoms with E-state index in [2.05, 4.69) is 5.32 Å². The molecule has 100 valence electrons. The fourth-order valence-corrected chi connectivity index (χ4v) is 1.80. The third-order valence-electron chi connectivity index (χ3n) is 2.92. The smallest absolute Gasteiger partial charge is 0.159 e. The molecule has 0 saturated heterocycles. The zero-order valence-corrected chi connectivity index (χ0v) is 10.8. The Kier molecular flexibility index (Phi) is 4.00. The molecule has 2 aromatic carbocycles. The van der Waals surface area contributed by atoms with Crippen molar-refractivity contribution in [2.75, 3.05) is 12.4 Å². The molecule has 0 saturated carbocycles. The molecule has 1 unspecified atom stereocenters. The number of nitrogens with one attached hydrogen (secondary N) is 1. The van der Waals surface area contributed by atoms with Crippen LogP contribution in [0.4, 0.5) is 14.5 Å². The molecule has 0 heterocycles. The predicted molar refractivity (Wildman–Crippen MR) is 71.4 cm³/mol. The zero-order chi connectivity index (χ0) is 13.8. The van der Waals surface area contributed by atoms with Crippen LogP contribution in [0.25, 0.3) is 0 Å². The summed E-state index contributed by atoms with van der Waals surface area (Å²) in [5.74, 6) is -0.896. The molecule has 0 radical (unpaired) electrons. The first kappa shape index (κ1) is 13.3. The molecule has 2 aromatic rings. The average Bonchev–Trinajstić information content (AvgIpc) is 2.42. The van der Waals surface area contributed by atoms with Crippen molar-refractivity contribution in [3.8, 4) is 5.75 Å². The van der Waals surface area contributed by atoms with Crippen molar-refractivity contribution in [1.29, 1.82) is 0 Å². The lowest BCUT2D eigenvalue weighted by Gasteiger charge is -2.16. The van der Waals surface area contributed by atoms with Gasteiger partial charge in [-0.05, 0) is 48.9 Å². The molecule has 19 heavy (non-hydrogen) atoms. The van der Waals surface area contributed by atoms with E-state index in [0.717, 1.165) is 17.5 Å². The first-order valence-electron chi connectivity index (χ1n) is 5.95. The second kappa shape index (κ2) is 5.69. The van der Waals surface area contributed by atoms with Crippen LogP contribution in [0.2, 0.25) is 0 Å². The lowest BCUT2D eigenvalue weighted by atomic mass is 10.1. The molecule has 4 heteroatoms. The molecule has 0 fully saturated rings. The first-order valence-corrected chi connectivity index (χ1v) is 5.95. The monoisotopic (exact) mass is 263 g/mol. The Bertz CT molecular complexity index is 555. The van der Waals surface area contributed by atoms with Gasteiger partial charge in [0.2, 0.25) is 0 Å². The van der Waals surface area contributed by atoms with Gasteiger partial charge in [-0.25, -0.2) is 8.78 Å². The number of anilines is 1. The molecule has 0 aromatic heterocycles. The number of hydrogen-bond acceptors (Lipinski definition) is 2. The first-order chi connectivity index (χ1) is 9.10. The van der Waals surface area contributed by atoms with E-state index in [-0.39, 0.29) is 6.04 Å². The van der Waals surface area contributed by atoms with Crippen molar-refractivity contribution in [2.45, 2.75) is 13.0 Å². The Morgan fingerprint density at radius 2 is 1.68 bits per heavy atom. The van der Waals surface area contributed by atoms with Crippen molar-refractivity contribution < 1.29 is 13.5 Å². The minimum atomic E-state index is -0.833. The van der Waals surface area contributed by atoms with Gasteiger partial charge in [-0.15, -0.1) is 0 Å². The number of methoxy groups -OCH3 is 1. The van der Waals surface area contributed by atoms with Gasteiger partial charge in [0.25, 0.3) is 0 Å². The van der Waals surface area contributed by atoms with Gasteiger partial charge in [-0.3, -0.25) is 0 Å².